The van der Waals surface area contributed by atoms with Gasteiger partial charge >= 0.3 is 6.18 Å². The average molecular weight is 244 g/mol. The standard InChI is InChI=1S/C11H11F3N2O/c1-16-10(17,11(12,13)14)7-9(15-16)8-5-3-2-4-6-8/h2-6,17H,7H2,1H3. The third kappa shape index (κ3) is 1.88. The Hall–Kier alpha value is -1.56. The normalized spacial score (nSPS) is 25.0. The number of hydrogen-bond donors (Lipinski definition) is 1. The van der Waals surface area contributed by atoms with E-state index in [1.165, 1.54) is 0 Å². The van der Waals surface area contributed by atoms with Crippen LogP contribution in [0.25, 0.3) is 0 Å². The largest absolute Gasteiger partial charge is 0.438 e. The van der Waals surface area contributed by atoms with E-state index in [0.29, 0.717) is 10.6 Å². The Morgan fingerprint density at radius 3 is 2.35 bits per heavy atom. The van der Waals surface area contributed by atoms with E-state index >= 15 is 0 Å². The van der Waals surface area contributed by atoms with Gasteiger partial charge in [0.25, 0.3) is 5.72 Å². The molecule has 17 heavy (non-hydrogen) atoms. The maximum atomic E-state index is 12.7. The summed E-state index contributed by atoms with van der Waals surface area (Å²) in [6.45, 7) is 0. The first-order chi connectivity index (χ1) is 7.84. The Morgan fingerprint density at radius 2 is 1.88 bits per heavy atom. The SMILES string of the molecule is CN1N=C(c2ccccc2)CC1(O)C(F)(F)F. The van der Waals surface area contributed by atoms with Crippen molar-refractivity contribution in [2.75, 3.05) is 7.05 Å². The van der Waals surface area contributed by atoms with Gasteiger partial charge in [-0.2, -0.15) is 18.3 Å². The quantitative estimate of drug-likeness (QED) is 0.819. The van der Waals surface area contributed by atoms with E-state index in [1.807, 2.05) is 0 Å². The zero-order chi connectivity index (χ0) is 12.7. The second kappa shape index (κ2) is 3.73. The summed E-state index contributed by atoms with van der Waals surface area (Å²) in [6, 6.07) is 8.51. The van der Waals surface area contributed by atoms with Crippen molar-refractivity contribution < 1.29 is 18.3 Å². The van der Waals surface area contributed by atoms with Crippen LogP contribution in [0.1, 0.15) is 12.0 Å². The van der Waals surface area contributed by atoms with E-state index in [-0.39, 0.29) is 5.71 Å². The summed E-state index contributed by atoms with van der Waals surface area (Å²) >= 11 is 0. The van der Waals surface area contributed by atoms with Crippen molar-refractivity contribution in [2.24, 2.45) is 5.10 Å². The van der Waals surface area contributed by atoms with Crippen LogP contribution in [0.15, 0.2) is 35.4 Å². The first kappa shape index (κ1) is 11.9. The van der Waals surface area contributed by atoms with Crippen LogP contribution in [0.2, 0.25) is 0 Å². The molecule has 0 saturated heterocycles. The van der Waals surface area contributed by atoms with Crippen LogP contribution in [0, 0.1) is 0 Å². The molecule has 0 fully saturated rings. The maximum absolute atomic E-state index is 12.7. The van der Waals surface area contributed by atoms with Crippen molar-refractivity contribution >= 4 is 5.71 Å². The fourth-order valence-corrected chi connectivity index (χ4v) is 1.72. The number of aliphatic hydroxyl groups is 1. The van der Waals surface area contributed by atoms with Crippen molar-refractivity contribution in [1.82, 2.24) is 5.01 Å². The molecule has 0 aliphatic carbocycles. The monoisotopic (exact) mass is 244 g/mol. The number of nitrogens with zero attached hydrogens (tertiary/aromatic N) is 2. The minimum atomic E-state index is -4.73. The minimum absolute atomic E-state index is 0.230. The molecule has 1 aliphatic heterocycles. The van der Waals surface area contributed by atoms with Crippen molar-refractivity contribution in [3.05, 3.63) is 35.9 Å². The molecule has 0 radical (unpaired) electrons. The third-order valence-electron chi connectivity index (χ3n) is 2.78. The molecule has 1 N–H and O–H groups in total. The number of alkyl halides is 3. The summed E-state index contributed by atoms with van der Waals surface area (Å²) in [7, 11) is 1.11. The van der Waals surface area contributed by atoms with Gasteiger partial charge in [-0.05, 0) is 5.56 Å². The maximum Gasteiger partial charge on any atom is 0.438 e. The van der Waals surface area contributed by atoms with Crippen LogP contribution in [0.5, 0.6) is 0 Å². The molecule has 1 aliphatic rings. The highest BCUT2D eigenvalue weighted by Crippen LogP contribution is 2.40. The molecule has 0 amide bonds. The Bertz CT molecular complexity index is 444. The lowest BCUT2D eigenvalue weighted by molar-refractivity contribution is -0.303. The van der Waals surface area contributed by atoms with Crippen LogP contribution < -0.4 is 0 Å². The highest BCUT2D eigenvalue weighted by molar-refractivity contribution is 6.02. The first-order valence-corrected chi connectivity index (χ1v) is 5.00. The van der Waals surface area contributed by atoms with Gasteiger partial charge in [0.2, 0.25) is 0 Å². The number of hydrogen-bond acceptors (Lipinski definition) is 3. The molecule has 1 heterocycles. The summed E-state index contributed by atoms with van der Waals surface area (Å²) in [5.74, 6) is 0. The van der Waals surface area contributed by atoms with Gasteiger partial charge < -0.3 is 5.11 Å². The lowest BCUT2D eigenvalue weighted by Gasteiger charge is -2.31. The Labute approximate surface area is 96.2 Å². The predicted octanol–water partition coefficient (Wildman–Crippen LogP) is 1.98. The van der Waals surface area contributed by atoms with E-state index in [2.05, 4.69) is 5.10 Å². The molecular formula is C11H11F3N2O. The van der Waals surface area contributed by atoms with Crippen molar-refractivity contribution in [1.29, 1.82) is 0 Å². The smallest absolute Gasteiger partial charge is 0.362 e. The highest BCUT2D eigenvalue weighted by atomic mass is 19.4. The fourth-order valence-electron chi connectivity index (χ4n) is 1.72. The number of hydrazone groups is 1. The zero-order valence-electron chi connectivity index (χ0n) is 9.07. The number of halogens is 3. The van der Waals surface area contributed by atoms with Gasteiger partial charge in [-0.3, -0.25) is 5.01 Å². The molecule has 6 heteroatoms. The van der Waals surface area contributed by atoms with Gasteiger partial charge in [0.15, 0.2) is 0 Å². The molecule has 92 valence electrons. The molecule has 0 spiro atoms. The second-order valence-corrected chi connectivity index (χ2v) is 3.93. The lowest BCUT2D eigenvalue weighted by atomic mass is 10.0. The summed E-state index contributed by atoms with van der Waals surface area (Å²) in [5.41, 5.74) is -2.09. The molecule has 1 unspecified atom stereocenters. The van der Waals surface area contributed by atoms with Gasteiger partial charge in [-0.15, -0.1) is 0 Å². The van der Waals surface area contributed by atoms with Crippen LogP contribution in [0.4, 0.5) is 13.2 Å². The first-order valence-electron chi connectivity index (χ1n) is 5.00. The molecule has 1 aromatic carbocycles. The predicted molar refractivity (Wildman–Crippen MR) is 56.4 cm³/mol. The molecule has 0 bridgehead atoms. The molecule has 1 aromatic rings. The van der Waals surface area contributed by atoms with E-state index in [4.69, 9.17) is 0 Å². The van der Waals surface area contributed by atoms with Gasteiger partial charge in [-0.1, -0.05) is 30.3 Å². The van der Waals surface area contributed by atoms with Crippen molar-refractivity contribution in [2.45, 2.75) is 18.3 Å². The summed E-state index contributed by atoms with van der Waals surface area (Å²) < 4.78 is 38.2. The Kier molecular flexibility index (Phi) is 2.61. The van der Waals surface area contributed by atoms with E-state index in [0.717, 1.165) is 7.05 Å². The number of benzene rings is 1. The van der Waals surface area contributed by atoms with E-state index in [9.17, 15) is 18.3 Å². The summed E-state index contributed by atoms with van der Waals surface area (Å²) in [5, 5.41) is 13.9. The summed E-state index contributed by atoms with van der Waals surface area (Å²) in [4.78, 5) is 0. The molecule has 1 atom stereocenters. The van der Waals surface area contributed by atoms with Crippen LogP contribution in [-0.2, 0) is 0 Å². The van der Waals surface area contributed by atoms with Crippen LogP contribution in [0.3, 0.4) is 0 Å². The van der Waals surface area contributed by atoms with E-state index in [1.54, 1.807) is 30.3 Å². The van der Waals surface area contributed by atoms with Gasteiger partial charge in [0.05, 0.1) is 12.1 Å². The van der Waals surface area contributed by atoms with Crippen molar-refractivity contribution in [3.63, 3.8) is 0 Å². The molecular weight excluding hydrogens is 233 g/mol. The lowest BCUT2D eigenvalue weighted by Crippen LogP contribution is -2.53. The molecule has 3 nitrogen and oxygen atoms in total. The number of rotatable bonds is 1. The van der Waals surface area contributed by atoms with Crippen molar-refractivity contribution in [3.8, 4) is 0 Å². The van der Waals surface area contributed by atoms with Crippen LogP contribution >= 0.6 is 0 Å². The topological polar surface area (TPSA) is 35.8 Å². The molecule has 0 saturated carbocycles. The van der Waals surface area contributed by atoms with Gasteiger partial charge in [-0.25, -0.2) is 0 Å². The van der Waals surface area contributed by atoms with Gasteiger partial charge in [0, 0.05) is 7.05 Å². The second-order valence-electron chi connectivity index (χ2n) is 3.93. The zero-order valence-corrected chi connectivity index (χ0v) is 9.07. The minimum Gasteiger partial charge on any atom is -0.362 e. The summed E-state index contributed by atoms with van der Waals surface area (Å²) in [6.07, 6.45) is -5.29. The van der Waals surface area contributed by atoms with Crippen LogP contribution in [-0.4, -0.2) is 34.8 Å². The fraction of sp³-hybridized carbons (Fsp3) is 0.364. The van der Waals surface area contributed by atoms with Gasteiger partial charge in [0.1, 0.15) is 0 Å². The van der Waals surface area contributed by atoms with E-state index < -0.39 is 18.3 Å². The molecule has 0 aromatic heterocycles. The molecule has 2 rings (SSSR count). The highest BCUT2D eigenvalue weighted by Gasteiger charge is 2.60. The Morgan fingerprint density at radius 1 is 1.29 bits per heavy atom. The Balaban J connectivity index is 2.30. The average Bonchev–Trinajstić information content (AvgIpc) is 2.57. The third-order valence-corrected chi connectivity index (χ3v) is 2.78.